The van der Waals surface area contributed by atoms with Crippen LogP contribution in [0, 0.1) is 21.4 Å². The predicted octanol–water partition coefficient (Wildman–Crippen LogP) is 8.73. The Hall–Kier alpha value is -6.11. The van der Waals surface area contributed by atoms with Crippen LogP contribution in [0.25, 0.3) is 22.1 Å². The second kappa shape index (κ2) is 17.8. The molecule has 2 saturated carbocycles. The first-order valence-electron chi connectivity index (χ1n) is 23.9. The SMILES string of the molecule is CC(C)c1ccccc1[C@@H]1CCCN1C1CC2(CCN(c3cc(Oc4cnc5[nH]ccc5c4)c(C(=O)NS(=O)(=O)c4cc([N+](=O)[O-])c(NCC5CCC(C)(O)CC5)c5c4ncn5C)cn3)CC2)C1. The molecule has 1 atom stereocenters. The Morgan fingerprint density at radius 2 is 1.78 bits per heavy atom. The number of hydrogen-bond acceptors (Lipinski definition) is 13. The normalized spacial score (nSPS) is 22.2. The number of ether oxygens (including phenoxy) is 1. The Balaban J connectivity index is 0.880. The number of rotatable bonds is 13. The fourth-order valence-electron chi connectivity index (χ4n) is 11.4. The molecule has 4 aromatic heterocycles. The van der Waals surface area contributed by atoms with Gasteiger partial charge < -0.3 is 29.6 Å². The lowest BCUT2D eigenvalue weighted by Crippen LogP contribution is -2.55. The molecule has 68 heavy (non-hydrogen) atoms. The summed E-state index contributed by atoms with van der Waals surface area (Å²) in [6.07, 6.45) is 15.4. The van der Waals surface area contributed by atoms with Crippen LogP contribution < -0.4 is 19.7 Å². The average Bonchev–Trinajstić information content (AvgIpc) is 4.08. The quantitative estimate of drug-likeness (QED) is 0.0631. The van der Waals surface area contributed by atoms with E-state index in [0.717, 1.165) is 56.8 Å². The number of nitrogens with zero attached hydrogens (tertiary/aromatic N) is 7. The number of sulfonamides is 1. The second-order valence-electron chi connectivity index (χ2n) is 20.3. The highest BCUT2D eigenvalue weighted by Crippen LogP contribution is 2.54. The number of fused-ring (bicyclic) bond motifs is 2. The van der Waals surface area contributed by atoms with Crippen molar-refractivity contribution in [1.29, 1.82) is 0 Å². The third kappa shape index (κ3) is 8.77. The van der Waals surface area contributed by atoms with Crippen LogP contribution in [0.15, 0.2) is 78.3 Å². The van der Waals surface area contributed by atoms with Crippen molar-refractivity contribution in [1.82, 2.24) is 34.1 Å². The number of benzene rings is 2. The molecule has 2 saturated heterocycles. The third-order valence-corrected chi connectivity index (χ3v) is 16.7. The van der Waals surface area contributed by atoms with Gasteiger partial charge in [-0.3, -0.25) is 19.8 Å². The van der Waals surface area contributed by atoms with E-state index in [9.17, 15) is 28.4 Å². The maximum atomic E-state index is 14.3. The smallest absolute Gasteiger partial charge is 0.296 e. The van der Waals surface area contributed by atoms with Crippen molar-refractivity contribution in [2.75, 3.05) is 36.4 Å². The third-order valence-electron chi connectivity index (χ3n) is 15.3. The summed E-state index contributed by atoms with van der Waals surface area (Å²) < 4.78 is 38.6. The molecular weight excluding hydrogens is 885 g/mol. The molecule has 4 fully saturated rings. The molecule has 1 spiro atoms. The van der Waals surface area contributed by atoms with Crippen molar-refractivity contribution in [3.63, 3.8) is 0 Å². The summed E-state index contributed by atoms with van der Waals surface area (Å²) in [6, 6.07) is 16.2. The Kier molecular flexibility index (Phi) is 11.9. The Morgan fingerprint density at radius 3 is 2.53 bits per heavy atom. The first-order chi connectivity index (χ1) is 32.6. The van der Waals surface area contributed by atoms with Crippen LogP contribution in [-0.4, -0.2) is 91.6 Å². The first-order valence-corrected chi connectivity index (χ1v) is 25.4. The monoisotopic (exact) mass is 944 g/mol. The van der Waals surface area contributed by atoms with E-state index in [4.69, 9.17) is 9.72 Å². The van der Waals surface area contributed by atoms with Crippen molar-refractivity contribution in [3.8, 4) is 11.5 Å². The zero-order valence-corrected chi connectivity index (χ0v) is 39.9. The van der Waals surface area contributed by atoms with E-state index in [2.05, 4.69) is 72.9 Å². The van der Waals surface area contributed by atoms with Crippen molar-refractivity contribution >= 4 is 55.2 Å². The van der Waals surface area contributed by atoms with Gasteiger partial charge in [-0.05, 0) is 118 Å². The van der Waals surface area contributed by atoms with Crippen LogP contribution in [0.5, 0.6) is 11.5 Å². The number of aliphatic hydroxyl groups is 1. The van der Waals surface area contributed by atoms with E-state index in [1.165, 1.54) is 60.1 Å². The number of nitro groups is 1. The second-order valence-corrected chi connectivity index (χ2v) is 21.9. The lowest BCUT2D eigenvalue weighted by atomic mass is 9.60. The number of aromatic nitrogens is 5. The molecule has 358 valence electrons. The number of anilines is 2. The van der Waals surface area contributed by atoms with E-state index >= 15 is 0 Å². The standard InChI is InChI=1S/C50H60N10O7S/c1-31(2)36-8-5-6-9-37(36)39-10-7-19-59(39)34-25-50(26-34)16-20-58(21-17-50)43-24-41(67-35-22-33-13-18-51-47(33)54-28-35)38(29-52-43)48(61)56-68(65,66)42-23-40(60(63)64)44(46-45(42)55-30-57(46)4)53-27-32-11-14-49(3,62)15-12-32/h5-6,8-9,13,18,22-24,28-32,34,39,53,62H,7,10-12,14-17,19-21,25-27H2,1-4H3,(H,51,54)(H,56,61)/t32?,39-,49?/m0/s1. The molecule has 4 aliphatic rings. The van der Waals surface area contributed by atoms with Crippen LogP contribution >= 0.6 is 0 Å². The summed E-state index contributed by atoms with van der Waals surface area (Å²) in [7, 11) is -3.16. The molecule has 4 N–H and O–H groups in total. The van der Waals surface area contributed by atoms with Gasteiger partial charge in [-0.15, -0.1) is 0 Å². The number of carbonyl (C=O) groups excluding carboxylic acids is 1. The topological polar surface area (TPSA) is 214 Å². The Labute approximate surface area is 395 Å². The number of imidazole rings is 1. The molecule has 0 bridgehead atoms. The van der Waals surface area contributed by atoms with Crippen molar-refractivity contribution in [2.24, 2.45) is 18.4 Å². The summed E-state index contributed by atoms with van der Waals surface area (Å²) in [4.78, 5) is 47.2. The molecule has 18 heteroatoms. The summed E-state index contributed by atoms with van der Waals surface area (Å²) >= 11 is 0. The van der Waals surface area contributed by atoms with Gasteiger partial charge in [-0.2, -0.15) is 0 Å². The lowest BCUT2D eigenvalue weighted by Gasteiger charge is -2.56. The molecule has 6 heterocycles. The van der Waals surface area contributed by atoms with Crippen molar-refractivity contribution < 1.29 is 28.0 Å². The zero-order chi connectivity index (χ0) is 47.5. The molecule has 17 nitrogen and oxygen atoms in total. The highest BCUT2D eigenvalue weighted by Gasteiger charge is 2.50. The molecule has 10 rings (SSSR count). The number of pyridine rings is 2. The molecule has 6 aromatic rings. The zero-order valence-electron chi connectivity index (χ0n) is 39.1. The largest absolute Gasteiger partial charge is 0.455 e. The van der Waals surface area contributed by atoms with E-state index in [1.54, 1.807) is 25.4 Å². The van der Waals surface area contributed by atoms with Gasteiger partial charge in [0.2, 0.25) is 0 Å². The van der Waals surface area contributed by atoms with Gasteiger partial charge in [0.05, 0.1) is 28.6 Å². The molecule has 2 aromatic carbocycles. The van der Waals surface area contributed by atoms with Gasteiger partial charge in [-0.1, -0.05) is 38.1 Å². The van der Waals surface area contributed by atoms with Crippen LogP contribution in [0.4, 0.5) is 17.2 Å². The van der Waals surface area contributed by atoms with E-state index < -0.39 is 37.0 Å². The number of piperidine rings is 1. The van der Waals surface area contributed by atoms with Crippen LogP contribution in [-0.2, 0) is 17.1 Å². The number of carbonyl (C=O) groups is 1. The highest BCUT2D eigenvalue weighted by atomic mass is 32.2. The number of nitro benzene ring substituents is 1. The molecule has 1 amide bonds. The van der Waals surface area contributed by atoms with E-state index in [1.807, 2.05) is 13.0 Å². The van der Waals surface area contributed by atoms with Gasteiger partial charge >= 0.3 is 0 Å². The van der Waals surface area contributed by atoms with Gasteiger partial charge in [-0.25, -0.2) is 28.1 Å². The van der Waals surface area contributed by atoms with E-state index in [-0.39, 0.29) is 39.4 Å². The number of nitrogens with one attached hydrogen (secondary N) is 3. The predicted molar refractivity (Wildman–Crippen MR) is 260 cm³/mol. The van der Waals surface area contributed by atoms with Gasteiger partial charge in [0.1, 0.15) is 44.6 Å². The summed E-state index contributed by atoms with van der Waals surface area (Å²) in [6.45, 7) is 9.42. The van der Waals surface area contributed by atoms with Crippen LogP contribution in [0.2, 0.25) is 0 Å². The number of aromatic amines is 1. The van der Waals surface area contributed by atoms with Crippen LogP contribution in [0.1, 0.15) is 118 Å². The molecular formula is C50H60N10O7S. The number of likely N-dealkylation sites (tertiary alicyclic amines) is 1. The van der Waals surface area contributed by atoms with Crippen molar-refractivity contribution in [2.45, 2.75) is 113 Å². The summed E-state index contributed by atoms with van der Waals surface area (Å²) in [5.41, 5.74) is 2.76. The number of amides is 1. The summed E-state index contributed by atoms with van der Waals surface area (Å²) in [5.74, 6) is 0.586. The fourth-order valence-corrected chi connectivity index (χ4v) is 12.6. The fraction of sp³-hybridized carbons (Fsp3) is 0.480. The minimum absolute atomic E-state index is 0.0411. The van der Waals surface area contributed by atoms with Crippen LogP contribution in [0.3, 0.4) is 0 Å². The van der Waals surface area contributed by atoms with Gasteiger partial charge in [0.15, 0.2) is 0 Å². The number of H-pyrrole nitrogens is 1. The number of aryl methyl sites for hydroxylation is 1. The van der Waals surface area contributed by atoms with Crippen molar-refractivity contribution in [3.05, 3.63) is 100 Å². The van der Waals surface area contributed by atoms with Gasteiger partial charge in [0.25, 0.3) is 21.6 Å². The Bertz CT molecular complexity index is 3000. The minimum Gasteiger partial charge on any atom is -0.455 e. The highest BCUT2D eigenvalue weighted by molar-refractivity contribution is 7.90. The first kappa shape index (κ1) is 45.7. The summed E-state index contributed by atoms with van der Waals surface area (Å²) in [5, 5.41) is 27.0. The maximum absolute atomic E-state index is 14.3. The Morgan fingerprint density at radius 1 is 1.01 bits per heavy atom. The molecule has 0 unspecified atom stereocenters. The maximum Gasteiger partial charge on any atom is 0.296 e. The van der Waals surface area contributed by atoms with E-state index in [0.29, 0.717) is 54.6 Å². The number of hydrogen-bond donors (Lipinski definition) is 4. The average molecular weight is 945 g/mol. The molecule has 0 radical (unpaired) electrons. The lowest BCUT2D eigenvalue weighted by molar-refractivity contribution is -0.384. The molecule has 2 aliphatic heterocycles. The van der Waals surface area contributed by atoms with Gasteiger partial charge in [0, 0.05) is 68.7 Å². The molecule has 2 aliphatic carbocycles. The minimum atomic E-state index is -4.78.